The molecule has 1 saturated heterocycles. The zero-order valence-electron chi connectivity index (χ0n) is 11.9. The minimum Gasteiger partial charge on any atom is -0.396 e. The van der Waals surface area contributed by atoms with Crippen LogP contribution in [0.3, 0.4) is 0 Å². The first kappa shape index (κ1) is 14.3. The van der Waals surface area contributed by atoms with E-state index in [1.807, 2.05) is 0 Å². The van der Waals surface area contributed by atoms with Gasteiger partial charge < -0.3 is 14.7 Å². The number of hydrogen-bond donors (Lipinski definition) is 1. The second kappa shape index (κ2) is 6.88. The minimum absolute atomic E-state index is 0.183. The summed E-state index contributed by atoms with van der Waals surface area (Å²) in [5, 5.41) is 9.74. The molecule has 1 aliphatic heterocycles. The van der Waals surface area contributed by atoms with Crippen molar-refractivity contribution in [1.82, 2.24) is 4.90 Å². The third kappa shape index (κ3) is 3.94. The lowest BCUT2D eigenvalue weighted by atomic mass is 9.74. The lowest BCUT2D eigenvalue weighted by Crippen LogP contribution is -2.42. The molecule has 1 heterocycles. The number of rotatable bonds is 5. The lowest BCUT2D eigenvalue weighted by Gasteiger charge is -2.39. The largest absolute Gasteiger partial charge is 0.396 e. The van der Waals surface area contributed by atoms with E-state index in [4.69, 9.17) is 4.74 Å². The van der Waals surface area contributed by atoms with E-state index < -0.39 is 0 Å². The summed E-state index contributed by atoms with van der Waals surface area (Å²) in [5.74, 6) is 0.697. The average molecular weight is 255 g/mol. The minimum atomic E-state index is 0.183. The Kier molecular flexibility index (Phi) is 5.46. The van der Waals surface area contributed by atoms with Gasteiger partial charge in [0.1, 0.15) is 0 Å². The number of nitrogens with zero attached hydrogens (tertiary/aromatic N) is 1. The van der Waals surface area contributed by atoms with Crippen LogP contribution >= 0.6 is 0 Å². The highest BCUT2D eigenvalue weighted by atomic mass is 16.5. The summed E-state index contributed by atoms with van der Waals surface area (Å²) in [6.07, 6.45) is 8.86. The fraction of sp³-hybridized carbons (Fsp3) is 1.00. The summed E-state index contributed by atoms with van der Waals surface area (Å²) in [6, 6.07) is 0. The first-order valence-electron chi connectivity index (χ1n) is 7.61. The molecule has 18 heavy (non-hydrogen) atoms. The third-order valence-corrected chi connectivity index (χ3v) is 4.68. The monoisotopic (exact) mass is 255 g/mol. The van der Waals surface area contributed by atoms with Gasteiger partial charge in [0, 0.05) is 31.7 Å². The molecule has 0 aromatic heterocycles. The van der Waals surface area contributed by atoms with Crippen molar-refractivity contribution in [2.45, 2.75) is 44.9 Å². The number of hydrogen-bond acceptors (Lipinski definition) is 3. The Hall–Kier alpha value is -0.120. The Morgan fingerprint density at radius 3 is 2.61 bits per heavy atom. The summed E-state index contributed by atoms with van der Waals surface area (Å²) < 4.78 is 5.55. The van der Waals surface area contributed by atoms with Crippen LogP contribution in [0.15, 0.2) is 0 Å². The summed E-state index contributed by atoms with van der Waals surface area (Å²) in [6.45, 7) is 4.41. The molecular formula is C15H29NO2. The van der Waals surface area contributed by atoms with Crippen molar-refractivity contribution in [3.05, 3.63) is 0 Å². The molecule has 3 nitrogen and oxygen atoms in total. The maximum Gasteiger partial charge on any atom is 0.0506 e. The van der Waals surface area contributed by atoms with Crippen LogP contribution < -0.4 is 0 Å². The molecule has 0 aromatic carbocycles. The fourth-order valence-corrected chi connectivity index (χ4v) is 3.70. The Labute approximate surface area is 112 Å². The zero-order chi connectivity index (χ0) is 12.8. The first-order chi connectivity index (χ1) is 8.74. The predicted octanol–water partition coefficient (Wildman–Crippen LogP) is 2.29. The fourth-order valence-electron chi connectivity index (χ4n) is 3.70. The van der Waals surface area contributed by atoms with E-state index in [1.165, 1.54) is 44.9 Å². The Morgan fingerprint density at radius 1 is 1.22 bits per heavy atom. The van der Waals surface area contributed by atoms with Crippen LogP contribution in [-0.4, -0.2) is 50.0 Å². The summed E-state index contributed by atoms with van der Waals surface area (Å²) >= 11 is 0. The second-order valence-corrected chi connectivity index (χ2v) is 6.50. The summed E-state index contributed by atoms with van der Waals surface area (Å²) in [4.78, 5) is 2.43. The molecule has 1 N–H and O–H groups in total. The highest BCUT2D eigenvalue weighted by Crippen LogP contribution is 2.36. The molecule has 0 amide bonds. The molecule has 1 aliphatic carbocycles. The Morgan fingerprint density at radius 2 is 2.00 bits per heavy atom. The van der Waals surface area contributed by atoms with Gasteiger partial charge in [-0.05, 0) is 38.6 Å². The van der Waals surface area contributed by atoms with E-state index in [0.29, 0.717) is 12.5 Å². The van der Waals surface area contributed by atoms with Gasteiger partial charge in [0.2, 0.25) is 0 Å². The number of aliphatic hydroxyl groups excluding tert-OH is 1. The van der Waals surface area contributed by atoms with Crippen molar-refractivity contribution < 1.29 is 9.84 Å². The van der Waals surface area contributed by atoms with Gasteiger partial charge in [-0.15, -0.1) is 0 Å². The predicted molar refractivity (Wildman–Crippen MR) is 73.6 cm³/mol. The van der Waals surface area contributed by atoms with Gasteiger partial charge in [-0.2, -0.15) is 0 Å². The van der Waals surface area contributed by atoms with Crippen molar-refractivity contribution in [2.24, 2.45) is 11.3 Å². The van der Waals surface area contributed by atoms with Gasteiger partial charge in [0.25, 0.3) is 0 Å². The maximum atomic E-state index is 9.74. The Balaban J connectivity index is 1.78. The molecule has 2 rings (SSSR count). The molecule has 2 fully saturated rings. The van der Waals surface area contributed by atoms with Gasteiger partial charge >= 0.3 is 0 Å². The van der Waals surface area contributed by atoms with Gasteiger partial charge in [0.15, 0.2) is 0 Å². The molecule has 1 unspecified atom stereocenters. The molecule has 3 heteroatoms. The second-order valence-electron chi connectivity index (χ2n) is 6.50. The average Bonchev–Trinajstić information content (AvgIpc) is 2.41. The van der Waals surface area contributed by atoms with Crippen LogP contribution in [0.1, 0.15) is 44.9 Å². The molecule has 0 aromatic rings. The van der Waals surface area contributed by atoms with Crippen molar-refractivity contribution >= 4 is 0 Å². The highest BCUT2D eigenvalue weighted by molar-refractivity contribution is 4.85. The molecule has 1 atom stereocenters. The molecule has 0 bridgehead atoms. The lowest BCUT2D eigenvalue weighted by molar-refractivity contribution is 0.0166. The van der Waals surface area contributed by atoms with Gasteiger partial charge in [-0.25, -0.2) is 0 Å². The van der Waals surface area contributed by atoms with Gasteiger partial charge in [-0.1, -0.05) is 19.3 Å². The van der Waals surface area contributed by atoms with Crippen LogP contribution in [0.2, 0.25) is 0 Å². The normalized spacial score (nSPS) is 28.5. The van der Waals surface area contributed by atoms with Crippen molar-refractivity contribution in [1.29, 1.82) is 0 Å². The SMILES string of the molecule is CN(CC1CCCOC1)CC1(CO)CCCCC1. The van der Waals surface area contributed by atoms with Crippen molar-refractivity contribution in [3.63, 3.8) is 0 Å². The van der Waals surface area contributed by atoms with Gasteiger partial charge in [-0.3, -0.25) is 0 Å². The van der Waals surface area contributed by atoms with Crippen molar-refractivity contribution in [2.75, 3.05) is 40.0 Å². The summed E-state index contributed by atoms with van der Waals surface area (Å²) in [5.41, 5.74) is 0.183. The van der Waals surface area contributed by atoms with Crippen molar-refractivity contribution in [3.8, 4) is 0 Å². The van der Waals surface area contributed by atoms with E-state index in [9.17, 15) is 5.11 Å². The van der Waals surface area contributed by atoms with E-state index in [-0.39, 0.29) is 5.41 Å². The molecule has 1 saturated carbocycles. The topological polar surface area (TPSA) is 32.7 Å². The van der Waals surface area contributed by atoms with Crippen LogP contribution in [0.4, 0.5) is 0 Å². The molecule has 106 valence electrons. The van der Waals surface area contributed by atoms with E-state index in [1.54, 1.807) is 0 Å². The smallest absolute Gasteiger partial charge is 0.0506 e. The number of aliphatic hydroxyl groups is 1. The standard InChI is InChI=1S/C15H29NO2/c1-16(10-14-6-5-9-18-11-14)12-15(13-17)7-3-2-4-8-15/h14,17H,2-13H2,1H3. The van der Waals surface area contributed by atoms with E-state index in [2.05, 4.69) is 11.9 Å². The molecular weight excluding hydrogens is 226 g/mol. The molecule has 2 aliphatic rings. The van der Waals surface area contributed by atoms with Crippen LogP contribution in [-0.2, 0) is 4.74 Å². The zero-order valence-corrected chi connectivity index (χ0v) is 11.9. The first-order valence-corrected chi connectivity index (χ1v) is 7.61. The van der Waals surface area contributed by atoms with Crippen LogP contribution in [0.25, 0.3) is 0 Å². The third-order valence-electron chi connectivity index (χ3n) is 4.68. The van der Waals surface area contributed by atoms with Crippen LogP contribution in [0.5, 0.6) is 0 Å². The summed E-state index contributed by atoms with van der Waals surface area (Å²) in [7, 11) is 2.21. The van der Waals surface area contributed by atoms with E-state index in [0.717, 1.165) is 26.3 Å². The number of ether oxygens (including phenoxy) is 1. The highest BCUT2D eigenvalue weighted by Gasteiger charge is 2.33. The molecule has 0 radical (unpaired) electrons. The van der Waals surface area contributed by atoms with Gasteiger partial charge in [0.05, 0.1) is 6.61 Å². The Bertz CT molecular complexity index is 233. The van der Waals surface area contributed by atoms with E-state index >= 15 is 0 Å². The maximum absolute atomic E-state index is 9.74. The molecule has 0 spiro atoms. The van der Waals surface area contributed by atoms with Crippen LogP contribution in [0, 0.1) is 11.3 Å². The quantitative estimate of drug-likeness (QED) is 0.818.